The average molecular weight is 369 g/mol. The van der Waals surface area contributed by atoms with Crippen molar-refractivity contribution in [3.63, 3.8) is 0 Å². The van der Waals surface area contributed by atoms with Crippen LogP contribution in [0.5, 0.6) is 0 Å². The number of benzene rings is 1. The van der Waals surface area contributed by atoms with Gasteiger partial charge in [0, 0.05) is 18.0 Å². The van der Waals surface area contributed by atoms with Crippen molar-refractivity contribution >= 4 is 11.9 Å². The summed E-state index contributed by atoms with van der Waals surface area (Å²) in [5.41, 5.74) is -1.45. The molecule has 1 aromatic carbocycles. The molecule has 7 heteroatoms. The summed E-state index contributed by atoms with van der Waals surface area (Å²) in [6.07, 6.45) is 1.58. The van der Waals surface area contributed by atoms with Crippen LogP contribution in [0.2, 0.25) is 0 Å². The zero-order valence-corrected chi connectivity index (χ0v) is 15.0. The monoisotopic (exact) mass is 369 g/mol. The van der Waals surface area contributed by atoms with Gasteiger partial charge in [0.05, 0.1) is 5.56 Å². The van der Waals surface area contributed by atoms with Gasteiger partial charge in [0.15, 0.2) is 17.4 Å². The molecule has 142 valence electrons. The van der Waals surface area contributed by atoms with Crippen LogP contribution >= 0.6 is 0 Å². The molecule has 4 nitrogen and oxygen atoms in total. The number of fused-ring (bicyclic) bond motifs is 2. The molecule has 2 atom stereocenters. The predicted octanol–water partition coefficient (Wildman–Crippen LogP) is 4.46. The largest absolute Gasteiger partial charge is 0.444 e. The summed E-state index contributed by atoms with van der Waals surface area (Å²) >= 11 is 0. The van der Waals surface area contributed by atoms with Crippen LogP contribution in [0.3, 0.4) is 0 Å². The van der Waals surface area contributed by atoms with Gasteiger partial charge >= 0.3 is 6.09 Å². The number of hydrogen-bond donors (Lipinski definition) is 0. The second-order valence-corrected chi connectivity index (χ2v) is 8.02. The highest BCUT2D eigenvalue weighted by molar-refractivity contribution is 5.98. The van der Waals surface area contributed by atoms with Gasteiger partial charge < -0.3 is 9.64 Å². The molecule has 0 radical (unpaired) electrons. The number of ketones is 1. The van der Waals surface area contributed by atoms with Crippen LogP contribution in [-0.4, -0.2) is 34.5 Å². The molecule has 0 aromatic heterocycles. The van der Waals surface area contributed by atoms with E-state index >= 15 is 0 Å². The Morgan fingerprint density at radius 1 is 1.04 bits per heavy atom. The van der Waals surface area contributed by atoms with Crippen molar-refractivity contribution < 1.29 is 27.5 Å². The van der Waals surface area contributed by atoms with Gasteiger partial charge in [-0.1, -0.05) is 0 Å². The summed E-state index contributed by atoms with van der Waals surface area (Å²) in [7, 11) is 0. The van der Waals surface area contributed by atoms with E-state index in [2.05, 4.69) is 0 Å². The first-order valence-corrected chi connectivity index (χ1v) is 8.77. The summed E-state index contributed by atoms with van der Waals surface area (Å²) in [5.74, 6) is -5.13. The van der Waals surface area contributed by atoms with Gasteiger partial charge in [0.1, 0.15) is 11.4 Å². The van der Waals surface area contributed by atoms with Crippen molar-refractivity contribution in [1.29, 1.82) is 0 Å². The first-order valence-electron chi connectivity index (χ1n) is 8.77. The molecular weight excluding hydrogens is 347 g/mol. The normalized spacial score (nSPS) is 25.3. The van der Waals surface area contributed by atoms with Crippen molar-refractivity contribution in [2.75, 3.05) is 0 Å². The molecular formula is C19H22F3NO3. The van der Waals surface area contributed by atoms with E-state index in [0.29, 0.717) is 31.7 Å². The maximum Gasteiger partial charge on any atom is 0.410 e. The van der Waals surface area contributed by atoms with Crippen LogP contribution in [0, 0.1) is 23.4 Å². The van der Waals surface area contributed by atoms with E-state index in [-0.39, 0.29) is 12.1 Å². The number of nitrogens with zero attached hydrogens (tertiary/aromatic N) is 1. The third kappa shape index (κ3) is 3.44. The third-order valence-electron chi connectivity index (χ3n) is 5.00. The van der Waals surface area contributed by atoms with Crippen molar-refractivity contribution in [2.45, 2.75) is 64.1 Å². The van der Waals surface area contributed by atoms with E-state index in [4.69, 9.17) is 4.74 Å². The molecule has 2 unspecified atom stereocenters. The summed E-state index contributed by atoms with van der Waals surface area (Å²) in [6, 6.07) is 1.00. The summed E-state index contributed by atoms with van der Waals surface area (Å²) in [5, 5.41) is 0. The van der Waals surface area contributed by atoms with E-state index in [1.54, 1.807) is 25.7 Å². The molecule has 0 aliphatic carbocycles. The number of rotatable bonds is 2. The van der Waals surface area contributed by atoms with Crippen LogP contribution in [-0.2, 0) is 4.74 Å². The van der Waals surface area contributed by atoms with Gasteiger partial charge in [0.25, 0.3) is 0 Å². The number of halogens is 3. The minimum absolute atomic E-state index is 0.211. The molecule has 2 bridgehead atoms. The fraction of sp³-hybridized carbons (Fsp3) is 0.579. The average Bonchev–Trinajstić information content (AvgIpc) is 2.80. The lowest BCUT2D eigenvalue weighted by Gasteiger charge is -2.39. The van der Waals surface area contributed by atoms with E-state index in [0.717, 1.165) is 6.07 Å². The second kappa shape index (κ2) is 6.59. The zero-order valence-electron chi connectivity index (χ0n) is 15.0. The van der Waals surface area contributed by atoms with Crippen LogP contribution < -0.4 is 0 Å². The Bertz CT molecular complexity index is 730. The standard InChI is InChI=1S/C19H22F3NO3/c1-19(2,3)26-18(25)23-11-4-5-12(23)9-10(8-11)17(24)15-13(20)6-7-14(21)16(15)22/h6-7,10-12H,4-5,8-9H2,1-3H3. The Kier molecular flexibility index (Phi) is 4.75. The lowest BCUT2D eigenvalue weighted by atomic mass is 9.84. The first kappa shape index (κ1) is 18.7. The highest BCUT2D eigenvalue weighted by atomic mass is 19.2. The molecule has 3 rings (SSSR count). The molecule has 2 fully saturated rings. The van der Waals surface area contributed by atoms with Crippen LogP contribution in [0.4, 0.5) is 18.0 Å². The van der Waals surface area contributed by atoms with Crippen molar-refractivity contribution in [2.24, 2.45) is 5.92 Å². The van der Waals surface area contributed by atoms with Crippen molar-refractivity contribution in [1.82, 2.24) is 4.90 Å². The maximum atomic E-state index is 13.9. The number of Topliss-reactive ketones (excluding diaryl/α,β-unsaturated/α-hetero) is 1. The quantitative estimate of drug-likeness (QED) is 0.571. The van der Waals surface area contributed by atoms with Crippen molar-refractivity contribution in [3.05, 3.63) is 35.1 Å². The highest BCUT2D eigenvalue weighted by Gasteiger charge is 2.47. The summed E-state index contributed by atoms with van der Waals surface area (Å²) in [4.78, 5) is 26.7. The van der Waals surface area contributed by atoms with Gasteiger partial charge in [-0.2, -0.15) is 0 Å². The lowest BCUT2D eigenvalue weighted by molar-refractivity contribution is 0.00246. The minimum atomic E-state index is -1.45. The molecule has 1 amide bonds. The summed E-state index contributed by atoms with van der Waals surface area (Å²) in [6.45, 7) is 5.33. The molecule has 2 aliphatic rings. The Morgan fingerprint density at radius 3 is 2.12 bits per heavy atom. The van der Waals surface area contributed by atoms with Crippen molar-refractivity contribution in [3.8, 4) is 0 Å². The third-order valence-corrected chi connectivity index (χ3v) is 5.00. The molecule has 2 aliphatic heterocycles. The van der Waals surface area contributed by atoms with E-state index in [1.165, 1.54) is 0 Å². The van der Waals surface area contributed by atoms with Gasteiger partial charge in [0.2, 0.25) is 0 Å². The van der Waals surface area contributed by atoms with Crippen LogP contribution in [0.15, 0.2) is 12.1 Å². The first-order chi connectivity index (χ1) is 12.1. The SMILES string of the molecule is CC(C)(C)OC(=O)N1C2CCC1CC(C(=O)c1c(F)ccc(F)c1F)C2. The van der Waals surface area contributed by atoms with Gasteiger partial charge in [-0.15, -0.1) is 0 Å². The number of ether oxygens (including phenoxy) is 1. The van der Waals surface area contributed by atoms with Crippen LogP contribution in [0.1, 0.15) is 56.8 Å². The van der Waals surface area contributed by atoms with Gasteiger partial charge in [-0.05, 0) is 58.6 Å². The fourth-order valence-electron chi connectivity index (χ4n) is 3.96. The molecule has 0 N–H and O–H groups in total. The predicted molar refractivity (Wildman–Crippen MR) is 88.3 cm³/mol. The number of hydrogen-bond acceptors (Lipinski definition) is 3. The number of amides is 1. The van der Waals surface area contributed by atoms with Gasteiger partial charge in [-0.25, -0.2) is 18.0 Å². The molecule has 0 spiro atoms. The molecule has 1 aromatic rings. The summed E-state index contributed by atoms with van der Waals surface area (Å²) < 4.78 is 46.7. The lowest BCUT2D eigenvalue weighted by Crippen LogP contribution is -2.49. The molecule has 0 saturated carbocycles. The number of carbonyl (C=O) groups excluding carboxylic acids is 2. The Hall–Kier alpha value is -2.05. The topological polar surface area (TPSA) is 46.6 Å². The van der Waals surface area contributed by atoms with Gasteiger partial charge in [-0.3, -0.25) is 4.79 Å². The van der Waals surface area contributed by atoms with E-state index in [1.807, 2.05) is 0 Å². The Morgan fingerprint density at radius 2 is 1.58 bits per heavy atom. The second-order valence-electron chi connectivity index (χ2n) is 8.02. The number of piperidine rings is 1. The minimum Gasteiger partial charge on any atom is -0.444 e. The number of carbonyl (C=O) groups is 2. The molecule has 26 heavy (non-hydrogen) atoms. The molecule has 2 heterocycles. The maximum absolute atomic E-state index is 13.9. The molecule has 2 saturated heterocycles. The highest BCUT2D eigenvalue weighted by Crippen LogP contribution is 2.41. The zero-order chi connectivity index (χ0) is 19.2. The fourth-order valence-corrected chi connectivity index (χ4v) is 3.96. The Labute approximate surface area is 150 Å². The van der Waals surface area contributed by atoms with Crippen LogP contribution in [0.25, 0.3) is 0 Å². The Balaban J connectivity index is 1.78. The van der Waals surface area contributed by atoms with E-state index in [9.17, 15) is 22.8 Å². The van der Waals surface area contributed by atoms with E-state index < -0.39 is 46.4 Å². The smallest absolute Gasteiger partial charge is 0.410 e.